The lowest BCUT2D eigenvalue weighted by Crippen LogP contribution is -2.22. The summed E-state index contributed by atoms with van der Waals surface area (Å²) in [6, 6.07) is 14.6. The highest BCUT2D eigenvalue weighted by molar-refractivity contribution is 6.32. The van der Waals surface area contributed by atoms with Crippen LogP contribution in [0.1, 0.15) is 5.82 Å². The van der Waals surface area contributed by atoms with E-state index in [9.17, 15) is 4.79 Å². The third-order valence-corrected chi connectivity index (χ3v) is 3.36. The van der Waals surface area contributed by atoms with E-state index in [0.717, 1.165) is 0 Å². The van der Waals surface area contributed by atoms with Crippen LogP contribution in [-0.2, 0) is 0 Å². The van der Waals surface area contributed by atoms with Gasteiger partial charge >= 0.3 is 0 Å². The second-order valence-electron chi connectivity index (χ2n) is 4.27. The van der Waals surface area contributed by atoms with Gasteiger partial charge in [-0.3, -0.25) is 9.36 Å². The van der Waals surface area contributed by atoms with Gasteiger partial charge in [-0.15, -0.1) is 12.4 Å². The summed E-state index contributed by atoms with van der Waals surface area (Å²) in [5.41, 5.74) is 1.26. The predicted octanol–water partition coefficient (Wildman–Crippen LogP) is 3.77. The number of halogens is 2. The highest BCUT2D eigenvalue weighted by Gasteiger charge is 2.11. The summed E-state index contributed by atoms with van der Waals surface area (Å²) in [5.74, 6) is 0.622. The van der Waals surface area contributed by atoms with Crippen molar-refractivity contribution in [2.24, 2.45) is 0 Å². The van der Waals surface area contributed by atoms with E-state index in [1.54, 1.807) is 23.6 Å². The van der Waals surface area contributed by atoms with E-state index in [1.165, 1.54) is 0 Å². The molecule has 0 saturated heterocycles. The Morgan fingerprint density at radius 3 is 2.45 bits per heavy atom. The standard InChI is InChI=1S/C15H11ClN2O.ClH/c1-10-17-13-8-4-2-6-11(13)15(19)18(10)14-9-5-3-7-12(14)16;/h2-9H,1H3;1H. The van der Waals surface area contributed by atoms with Crippen molar-refractivity contribution in [2.45, 2.75) is 6.92 Å². The molecule has 0 amide bonds. The maximum absolute atomic E-state index is 12.6. The first kappa shape index (κ1) is 14.6. The number of hydrogen-bond donors (Lipinski definition) is 0. The van der Waals surface area contributed by atoms with Crippen molar-refractivity contribution < 1.29 is 0 Å². The summed E-state index contributed by atoms with van der Waals surface area (Å²) in [6.07, 6.45) is 0. The van der Waals surface area contributed by atoms with Crippen molar-refractivity contribution in [3.63, 3.8) is 0 Å². The van der Waals surface area contributed by atoms with Gasteiger partial charge in [0.1, 0.15) is 5.82 Å². The van der Waals surface area contributed by atoms with E-state index in [-0.39, 0.29) is 18.0 Å². The molecule has 3 nitrogen and oxygen atoms in total. The van der Waals surface area contributed by atoms with Gasteiger partial charge in [0.25, 0.3) is 5.56 Å². The number of rotatable bonds is 1. The fourth-order valence-electron chi connectivity index (χ4n) is 2.16. The van der Waals surface area contributed by atoms with E-state index in [4.69, 9.17) is 11.6 Å². The minimum absolute atomic E-state index is 0. The lowest BCUT2D eigenvalue weighted by Gasteiger charge is -2.11. The first-order valence-corrected chi connectivity index (χ1v) is 6.29. The molecule has 0 fully saturated rings. The van der Waals surface area contributed by atoms with Crippen molar-refractivity contribution in [2.75, 3.05) is 0 Å². The van der Waals surface area contributed by atoms with E-state index < -0.39 is 0 Å². The monoisotopic (exact) mass is 306 g/mol. The fourth-order valence-corrected chi connectivity index (χ4v) is 2.38. The van der Waals surface area contributed by atoms with E-state index in [0.29, 0.717) is 27.4 Å². The number of aryl methyl sites for hydroxylation is 1. The van der Waals surface area contributed by atoms with Crippen LogP contribution in [0.3, 0.4) is 0 Å². The molecule has 0 aliphatic heterocycles. The Morgan fingerprint density at radius 2 is 1.70 bits per heavy atom. The minimum atomic E-state index is -0.101. The van der Waals surface area contributed by atoms with Gasteiger partial charge in [0.05, 0.1) is 21.6 Å². The zero-order valence-electron chi connectivity index (χ0n) is 10.7. The lowest BCUT2D eigenvalue weighted by molar-refractivity contribution is 0.895. The van der Waals surface area contributed by atoms with Crippen LogP contribution < -0.4 is 5.56 Å². The molecular formula is C15H12Cl2N2O. The number of aromatic nitrogens is 2. The first-order valence-electron chi connectivity index (χ1n) is 5.92. The molecule has 3 rings (SSSR count). The number of fused-ring (bicyclic) bond motifs is 1. The van der Waals surface area contributed by atoms with Crippen molar-refractivity contribution in [3.05, 3.63) is 69.7 Å². The molecule has 5 heteroatoms. The van der Waals surface area contributed by atoms with E-state index >= 15 is 0 Å². The van der Waals surface area contributed by atoms with Crippen LogP contribution in [0.15, 0.2) is 53.3 Å². The Labute approximate surface area is 127 Å². The number of hydrogen-bond acceptors (Lipinski definition) is 2. The molecule has 1 heterocycles. The van der Waals surface area contributed by atoms with E-state index in [2.05, 4.69) is 4.98 Å². The van der Waals surface area contributed by atoms with Gasteiger partial charge in [0, 0.05) is 0 Å². The van der Waals surface area contributed by atoms with E-state index in [1.807, 2.05) is 36.4 Å². The molecule has 0 N–H and O–H groups in total. The van der Waals surface area contributed by atoms with Gasteiger partial charge in [0.15, 0.2) is 0 Å². The summed E-state index contributed by atoms with van der Waals surface area (Å²) in [7, 11) is 0. The quantitative estimate of drug-likeness (QED) is 0.686. The normalized spacial score (nSPS) is 10.3. The smallest absolute Gasteiger partial charge is 0.266 e. The molecule has 0 aliphatic carbocycles. The number of benzene rings is 2. The summed E-state index contributed by atoms with van der Waals surface area (Å²) >= 11 is 6.17. The van der Waals surface area contributed by atoms with Crippen LogP contribution in [0.25, 0.3) is 16.6 Å². The van der Waals surface area contributed by atoms with Gasteiger partial charge in [-0.2, -0.15) is 0 Å². The highest BCUT2D eigenvalue weighted by Crippen LogP contribution is 2.20. The van der Waals surface area contributed by atoms with Crippen LogP contribution in [0.5, 0.6) is 0 Å². The zero-order chi connectivity index (χ0) is 13.4. The molecule has 0 unspecified atom stereocenters. The van der Waals surface area contributed by atoms with Crippen LogP contribution in [-0.4, -0.2) is 9.55 Å². The number of nitrogens with zero attached hydrogens (tertiary/aromatic N) is 2. The first-order chi connectivity index (χ1) is 9.18. The molecule has 20 heavy (non-hydrogen) atoms. The molecule has 2 aromatic carbocycles. The maximum Gasteiger partial charge on any atom is 0.266 e. The SMILES string of the molecule is Cc1nc2ccccc2c(=O)n1-c1ccccc1Cl.Cl. The molecule has 0 saturated carbocycles. The maximum atomic E-state index is 12.6. The van der Waals surface area contributed by atoms with Gasteiger partial charge in [-0.1, -0.05) is 35.9 Å². The fraction of sp³-hybridized carbons (Fsp3) is 0.0667. The zero-order valence-corrected chi connectivity index (χ0v) is 12.3. The topological polar surface area (TPSA) is 34.9 Å². The van der Waals surface area contributed by atoms with Gasteiger partial charge in [0.2, 0.25) is 0 Å². The Bertz CT molecular complexity index is 827. The average Bonchev–Trinajstić information content (AvgIpc) is 2.41. The molecule has 102 valence electrons. The molecule has 0 spiro atoms. The second-order valence-corrected chi connectivity index (χ2v) is 4.68. The summed E-state index contributed by atoms with van der Waals surface area (Å²) in [6.45, 7) is 1.80. The molecular weight excluding hydrogens is 295 g/mol. The Kier molecular flexibility index (Phi) is 4.12. The summed E-state index contributed by atoms with van der Waals surface area (Å²) in [4.78, 5) is 17.0. The summed E-state index contributed by atoms with van der Waals surface area (Å²) < 4.78 is 1.55. The Morgan fingerprint density at radius 1 is 1.05 bits per heavy atom. The van der Waals surface area contributed by atoms with Gasteiger partial charge in [-0.05, 0) is 31.2 Å². The van der Waals surface area contributed by atoms with Gasteiger partial charge < -0.3 is 0 Å². The Hall–Kier alpha value is -1.84. The van der Waals surface area contributed by atoms with Gasteiger partial charge in [-0.25, -0.2) is 4.98 Å². The molecule has 0 bridgehead atoms. The van der Waals surface area contributed by atoms with Crippen LogP contribution >= 0.6 is 24.0 Å². The second kappa shape index (κ2) is 5.65. The largest absolute Gasteiger partial charge is 0.268 e. The molecule has 0 atom stereocenters. The minimum Gasteiger partial charge on any atom is -0.268 e. The van der Waals surface area contributed by atoms with Crippen molar-refractivity contribution in [3.8, 4) is 5.69 Å². The Balaban J connectivity index is 0.00000147. The summed E-state index contributed by atoms with van der Waals surface area (Å²) in [5, 5.41) is 1.12. The average molecular weight is 307 g/mol. The molecule has 0 radical (unpaired) electrons. The van der Waals surface area contributed by atoms with Crippen molar-refractivity contribution >= 4 is 34.9 Å². The third kappa shape index (κ3) is 2.30. The van der Waals surface area contributed by atoms with Crippen LogP contribution in [0.2, 0.25) is 5.02 Å². The molecule has 0 aliphatic rings. The highest BCUT2D eigenvalue weighted by atomic mass is 35.5. The van der Waals surface area contributed by atoms with Crippen molar-refractivity contribution in [1.82, 2.24) is 9.55 Å². The number of para-hydroxylation sites is 2. The van der Waals surface area contributed by atoms with Crippen molar-refractivity contribution in [1.29, 1.82) is 0 Å². The lowest BCUT2D eigenvalue weighted by atomic mass is 10.2. The molecule has 3 aromatic rings. The van der Waals surface area contributed by atoms with Crippen LogP contribution in [0, 0.1) is 6.92 Å². The molecule has 1 aromatic heterocycles. The third-order valence-electron chi connectivity index (χ3n) is 3.04. The predicted molar refractivity (Wildman–Crippen MR) is 84.3 cm³/mol. The van der Waals surface area contributed by atoms with Crippen LogP contribution in [0.4, 0.5) is 0 Å².